The zero-order chi connectivity index (χ0) is 19.2. The van der Waals surface area contributed by atoms with Gasteiger partial charge in [0.25, 0.3) is 0 Å². The molecule has 1 saturated heterocycles. The summed E-state index contributed by atoms with van der Waals surface area (Å²) >= 11 is 0. The fourth-order valence-electron chi connectivity index (χ4n) is 3.10. The number of hydrogen-bond acceptors (Lipinski definition) is 4. The summed E-state index contributed by atoms with van der Waals surface area (Å²) in [6, 6.07) is 8.10. The number of carbonyl (C=O) groups excluding carboxylic acids is 2. The van der Waals surface area contributed by atoms with E-state index in [0.717, 1.165) is 24.5 Å². The van der Waals surface area contributed by atoms with Crippen molar-refractivity contribution in [2.24, 2.45) is 0 Å². The Bertz CT molecular complexity index is 618. The minimum atomic E-state index is -0.299. The molecule has 0 bridgehead atoms. The lowest BCUT2D eigenvalue weighted by Gasteiger charge is -2.30. The van der Waals surface area contributed by atoms with Crippen LogP contribution >= 0.6 is 0 Å². The van der Waals surface area contributed by atoms with Crippen LogP contribution in [0.5, 0.6) is 0 Å². The van der Waals surface area contributed by atoms with Crippen molar-refractivity contribution < 1.29 is 9.59 Å². The van der Waals surface area contributed by atoms with E-state index < -0.39 is 0 Å². The van der Waals surface area contributed by atoms with E-state index in [1.807, 2.05) is 39.0 Å². The lowest BCUT2D eigenvalue weighted by atomic mass is 10.1. The summed E-state index contributed by atoms with van der Waals surface area (Å²) in [5.41, 5.74) is 1.82. The number of hydrogen-bond donors (Lipinski definition) is 2. The highest BCUT2D eigenvalue weighted by Gasteiger charge is 2.18. The number of rotatable bonds is 6. The molecule has 0 spiro atoms. The second-order valence-corrected chi connectivity index (χ2v) is 7.97. The number of benzene rings is 1. The molecule has 0 radical (unpaired) electrons. The van der Waals surface area contributed by atoms with Crippen LogP contribution in [-0.4, -0.2) is 55.5 Å². The first kappa shape index (κ1) is 20.1. The van der Waals surface area contributed by atoms with Gasteiger partial charge >= 0.3 is 0 Å². The maximum atomic E-state index is 12.4. The zero-order valence-corrected chi connectivity index (χ0v) is 16.5. The monoisotopic (exact) mass is 360 g/mol. The Balaban J connectivity index is 1.90. The van der Waals surface area contributed by atoms with Gasteiger partial charge in [-0.05, 0) is 52.2 Å². The quantitative estimate of drug-likeness (QED) is 0.818. The molecule has 0 aromatic heterocycles. The highest BCUT2D eigenvalue weighted by molar-refractivity contribution is 5.87. The number of likely N-dealkylation sites (N-methyl/N-ethyl adjacent to an activating group) is 1. The molecule has 6 heteroatoms. The molecule has 1 aliphatic rings. The number of amides is 2. The summed E-state index contributed by atoms with van der Waals surface area (Å²) < 4.78 is 0. The van der Waals surface area contributed by atoms with Crippen molar-refractivity contribution in [2.45, 2.75) is 45.6 Å². The molecule has 2 amide bonds. The van der Waals surface area contributed by atoms with Gasteiger partial charge in [-0.15, -0.1) is 0 Å². The molecule has 1 aliphatic heterocycles. The van der Waals surface area contributed by atoms with E-state index in [9.17, 15) is 9.59 Å². The second-order valence-electron chi connectivity index (χ2n) is 7.97. The van der Waals surface area contributed by atoms with E-state index in [1.54, 1.807) is 7.05 Å². The first-order valence-electron chi connectivity index (χ1n) is 9.39. The van der Waals surface area contributed by atoms with Gasteiger partial charge in [-0.3, -0.25) is 9.59 Å². The Labute approximate surface area is 156 Å². The van der Waals surface area contributed by atoms with Crippen LogP contribution < -0.4 is 15.5 Å². The molecule has 0 saturated carbocycles. The van der Waals surface area contributed by atoms with Crippen LogP contribution in [0.4, 0.5) is 11.4 Å². The van der Waals surface area contributed by atoms with E-state index in [2.05, 4.69) is 21.6 Å². The molecule has 2 rings (SSSR count). The Hall–Kier alpha value is -2.24. The van der Waals surface area contributed by atoms with Crippen molar-refractivity contribution in [2.75, 3.05) is 43.4 Å². The summed E-state index contributed by atoms with van der Waals surface area (Å²) in [6.45, 7) is 8.11. The summed E-state index contributed by atoms with van der Waals surface area (Å²) in [5, 5.41) is 6.12. The van der Waals surface area contributed by atoms with Crippen LogP contribution in [0.25, 0.3) is 0 Å². The molecule has 26 heavy (non-hydrogen) atoms. The molecule has 144 valence electrons. The Kier molecular flexibility index (Phi) is 6.89. The summed E-state index contributed by atoms with van der Waals surface area (Å²) in [5.74, 6) is -0.260. The van der Waals surface area contributed by atoms with Crippen LogP contribution in [0.3, 0.4) is 0 Å². The molecule has 1 heterocycles. The summed E-state index contributed by atoms with van der Waals surface area (Å²) in [4.78, 5) is 28.2. The normalized spacial score (nSPS) is 14.7. The fourth-order valence-corrected chi connectivity index (χ4v) is 3.10. The minimum Gasteiger partial charge on any atom is -0.374 e. The SMILES string of the molecule is CN(CC(=O)NC(C)(C)C)C(=O)CNc1ccccc1N1CCCCC1. The fraction of sp³-hybridized carbons (Fsp3) is 0.600. The Morgan fingerprint density at radius 2 is 1.77 bits per heavy atom. The van der Waals surface area contributed by atoms with Crippen LogP contribution in [0.2, 0.25) is 0 Å². The van der Waals surface area contributed by atoms with E-state index in [0.29, 0.717) is 0 Å². The van der Waals surface area contributed by atoms with E-state index in [1.165, 1.54) is 24.2 Å². The van der Waals surface area contributed by atoms with E-state index in [-0.39, 0.29) is 30.4 Å². The predicted octanol–water partition coefficient (Wildman–Crippen LogP) is 2.46. The number of piperidine rings is 1. The number of anilines is 2. The lowest BCUT2D eigenvalue weighted by molar-refractivity contribution is -0.133. The second kappa shape index (κ2) is 8.92. The maximum Gasteiger partial charge on any atom is 0.242 e. The molecule has 6 nitrogen and oxygen atoms in total. The molecule has 0 aliphatic carbocycles. The highest BCUT2D eigenvalue weighted by Crippen LogP contribution is 2.28. The third kappa shape index (κ3) is 6.24. The van der Waals surface area contributed by atoms with Gasteiger partial charge in [-0.25, -0.2) is 0 Å². The summed E-state index contributed by atoms with van der Waals surface area (Å²) in [6.07, 6.45) is 3.70. The molecule has 1 fully saturated rings. The van der Waals surface area contributed by atoms with Gasteiger partial charge in [-0.1, -0.05) is 12.1 Å². The number of nitrogens with zero attached hydrogens (tertiary/aromatic N) is 2. The van der Waals surface area contributed by atoms with Gasteiger partial charge in [0.05, 0.1) is 24.5 Å². The van der Waals surface area contributed by atoms with Gasteiger partial charge < -0.3 is 20.4 Å². The smallest absolute Gasteiger partial charge is 0.242 e. The van der Waals surface area contributed by atoms with Crippen molar-refractivity contribution in [3.8, 4) is 0 Å². The topological polar surface area (TPSA) is 64.7 Å². The molecule has 1 aromatic carbocycles. The highest BCUT2D eigenvalue weighted by atomic mass is 16.2. The molecule has 0 unspecified atom stereocenters. The third-order valence-corrected chi connectivity index (χ3v) is 4.35. The molecule has 1 aromatic rings. The van der Waals surface area contributed by atoms with Gasteiger partial charge in [0.1, 0.15) is 0 Å². The average Bonchev–Trinajstić information content (AvgIpc) is 2.59. The van der Waals surface area contributed by atoms with Crippen LogP contribution in [0, 0.1) is 0 Å². The zero-order valence-electron chi connectivity index (χ0n) is 16.5. The molecular weight excluding hydrogens is 328 g/mol. The maximum absolute atomic E-state index is 12.4. The largest absolute Gasteiger partial charge is 0.374 e. The third-order valence-electron chi connectivity index (χ3n) is 4.35. The number of carbonyl (C=O) groups is 2. The van der Waals surface area contributed by atoms with Gasteiger partial charge in [-0.2, -0.15) is 0 Å². The van der Waals surface area contributed by atoms with E-state index >= 15 is 0 Å². The lowest BCUT2D eigenvalue weighted by Crippen LogP contribution is -2.47. The Morgan fingerprint density at radius 1 is 1.12 bits per heavy atom. The summed E-state index contributed by atoms with van der Waals surface area (Å²) in [7, 11) is 1.66. The number of nitrogens with one attached hydrogen (secondary N) is 2. The van der Waals surface area contributed by atoms with Gasteiger partial charge in [0, 0.05) is 25.7 Å². The molecule has 2 N–H and O–H groups in total. The van der Waals surface area contributed by atoms with Crippen molar-refractivity contribution in [1.82, 2.24) is 10.2 Å². The van der Waals surface area contributed by atoms with Crippen LogP contribution in [0.15, 0.2) is 24.3 Å². The van der Waals surface area contributed by atoms with E-state index in [4.69, 9.17) is 0 Å². The van der Waals surface area contributed by atoms with Crippen molar-refractivity contribution >= 4 is 23.2 Å². The van der Waals surface area contributed by atoms with Gasteiger partial charge in [0.15, 0.2) is 0 Å². The first-order chi connectivity index (χ1) is 12.3. The van der Waals surface area contributed by atoms with Crippen molar-refractivity contribution in [3.05, 3.63) is 24.3 Å². The molecular formula is C20H32N4O2. The van der Waals surface area contributed by atoms with Crippen molar-refractivity contribution in [1.29, 1.82) is 0 Å². The predicted molar refractivity (Wildman–Crippen MR) is 107 cm³/mol. The molecule has 0 atom stereocenters. The standard InChI is InChI=1S/C20H32N4O2/c1-20(2,3)22-18(25)15-23(4)19(26)14-21-16-10-6-7-11-17(16)24-12-8-5-9-13-24/h6-7,10-11,21H,5,8-9,12-15H2,1-4H3,(H,22,25). The van der Waals surface area contributed by atoms with Gasteiger partial charge in [0.2, 0.25) is 11.8 Å². The van der Waals surface area contributed by atoms with Crippen molar-refractivity contribution in [3.63, 3.8) is 0 Å². The first-order valence-corrected chi connectivity index (χ1v) is 9.39. The Morgan fingerprint density at radius 3 is 2.42 bits per heavy atom. The average molecular weight is 361 g/mol. The van der Waals surface area contributed by atoms with Crippen LogP contribution in [-0.2, 0) is 9.59 Å². The minimum absolute atomic E-state index is 0.0611. The van der Waals surface area contributed by atoms with Crippen LogP contribution in [0.1, 0.15) is 40.0 Å². The number of para-hydroxylation sites is 2.